The lowest BCUT2D eigenvalue weighted by Crippen LogP contribution is -2.20. The van der Waals surface area contributed by atoms with Gasteiger partial charge in [-0.15, -0.1) is 0 Å². The molecule has 0 fully saturated rings. The summed E-state index contributed by atoms with van der Waals surface area (Å²) in [5.74, 6) is -0.386. The molecule has 1 aromatic heterocycles. The molecule has 90 valence electrons. The number of hydrogen-bond donors (Lipinski definition) is 2. The van der Waals surface area contributed by atoms with Crippen LogP contribution in [0.5, 0.6) is 0 Å². The van der Waals surface area contributed by atoms with Crippen molar-refractivity contribution in [1.82, 2.24) is 0 Å². The van der Waals surface area contributed by atoms with E-state index in [1.54, 1.807) is 18.6 Å². The topological polar surface area (TPSA) is 51.2 Å². The van der Waals surface area contributed by atoms with Crippen LogP contribution in [0.1, 0.15) is 11.6 Å². The summed E-state index contributed by atoms with van der Waals surface area (Å²) in [6.07, 6.45) is 3.17. The summed E-state index contributed by atoms with van der Waals surface area (Å²) in [5, 5.41) is 3.45. The smallest absolute Gasteiger partial charge is 0.126 e. The molecule has 0 saturated carbocycles. The van der Waals surface area contributed by atoms with Crippen LogP contribution >= 0.6 is 11.6 Å². The van der Waals surface area contributed by atoms with Crippen molar-refractivity contribution < 1.29 is 8.81 Å². The predicted molar refractivity (Wildman–Crippen MR) is 65.5 cm³/mol. The Bertz CT molecular complexity index is 467. The van der Waals surface area contributed by atoms with Crippen LogP contribution in [0.15, 0.2) is 41.2 Å². The lowest BCUT2D eigenvalue weighted by molar-refractivity contribution is 0.561. The molecular weight excluding hydrogens is 243 g/mol. The first kappa shape index (κ1) is 12.0. The summed E-state index contributed by atoms with van der Waals surface area (Å²) in [5.41, 5.74) is 7.16. The lowest BCUT2D eigenvalue weighted by atomic mass is 10.1. The van der Waals surface area contributed by atoms with E-state index in [0.717, 1.165) is 5.56 Å². The molecule has 1 heterocycles. The van der Waals surface area contributed by atoms with Crippen LogP contribution in [0.2, 0.25) is 5.02 Å². The number of nitrogens with two attached hydrogens (primary N) is 1. The lowest BCUT2D eigenvalue weighted by Gasteiger charge is -2.16. The normalized spacial score (nSPS) is 12.4. The van der Waals surface area contributed by atoms with Crippen molar-refractivity contribution in [3.63, 3.8) is 0 Å². The molecule has 0 aliphatic rings. The molecule has 2 rings (SSSR count). The quantitative estimate of drug-likeness (QED) is 0.881. The van der Waals surface area contributed by atoms with Crippen LogP contribution < -0.4 is 11.1 Å². The fourth-order valence-corrected chi connectivity index (χ4v) is 1.81. The second kappa shape index (κ2) is 5.21. The van der Waals surface area contributed by atoms with E-state index in [9.17, 15) is 4.39 Å². The largest absolute Gasteiger partial charge is 0.472 e. The molecule has 1 aromatic carbocycles. The highest BCUT2D eigenvalue weighted by Gasteiger charge is 2.11. The number of hydrogen-bond acceptors (Lipinski definition) is 3. The maximum Gasteiger partial charge on any atom is 0.126 e. The Morgan fingerprint density at radius 1 is 1.41 bits per heavy atom. The summed E-state index contributed by atoms with van der Waals surface area (Å²) in [4.78, 5) is 0. The molecule has 0 bridgehead atoms. The third-order valence-electron chi connectivity index (χ3n) is 2.38. The fraction of sp³-hybridized carbons (Fsp3) is 0.167. The van der Waals surface area contributed by atoms with Crippen LogP contribution in [-0.2, 0) is 0 Å². The predicted octanol–water partition coefficient (Wildman–Crippen LogP) is 3.18. The van der Waals surface area contributed by atoms with Crippen LogP contribution in [0.25, 0.3) is 0 Å². The van der Waals surface area contributed by atoms with Crippen molar-refractivity contribution in [1.29, 1.82) is 0 Å². The Morgan fingerprint density at radius 2 is 2.24 bits per heavy atom. The third-order valence-corrected chi connectivity index (χ3v) is 2.60. The molecule has 2 aromatic rings. The summed E-state index contributed by atoms with van der Waals surface area (Å²) in [6, 6.07) is 5.95. The molecule has 1 unspecified atom stereocenters. The van der Waals surface area contributed by atoms with Gasteiger partial charge in [0, 0.05) is 22.8 Å². The van der Waals surface area contributed by atoms with Gasteiger partial charge in [0.15, 0.2) is 0 Å². The minimum absolute atomic E-state index is 0.133. The summed E-state index contributed by atoms with van der Waals surface area (Å²) in [6.45, 7) is 0.369. The molecule has 0 radical (unpaired) electrons. The minimum atomic E-state index is -0.386. The average Bonchev–Trinajstić information content (AvgIpc) is 2.77. The van der Waals surface area contributed by atoms with Gasteiger partial charge in [-0.2, -0.15) is 0 Å². The van der Waals surface area contributed by atoms with Crippen molar-refractivity contribution in [2.75, 3.05) is 11.9 Å². The number of rotatable bonds is 4. The third kappa shape index (κ3) is 2.99. The number of nitrogens with one attached hydrogen (secondary N) is 1. The zero-order chi connectivity index (χ0) is 12.3. The van der Waals surface area contributed by atoms with Gasteiger partial charge < -0.3 is 15.5 Å². The number of furan rings is 1. The molecule has 3 N–H and O–H groups in total. The molecule has 17 heavy (non-hydrogen) atoms. The molecular formula is C12H12ClFN2O. The van der Waals surface area contributed by atoms with Gasteiger partial charge in [0.2, 0.25) is 0 Å². The van der Waals surface area contributed by atoms with Gasteiger partial charge in [-0.25, -0.2) is 4.39 Å². The van der Waals surface area contributed by atoms with E-state index in [1.165, 1.54) is 12.1 Å². The molecule has 0 amide bonds. The fourth-order valence-electron chi connectivity index (χ4n) is 1.59. The monoisotopic (exact) mass is 254 g/mol. The molecule has 0 aliphatic carbocycles. The Kier molecular flexibility index (Phi) is 3.66. The Labute approximate surface area is 103 Å². The molecule has 3 nitrogen and oxygen atoms in total. The van der Waals surface area contributed by atoms with Crippen LogP contribution in [0.3, 0.4) is 0 Å². The van der Waals surface area contributed by atoms with E-state index < -0.39 is 0 Å². The number of anilines is 1. The Morgan fingerprint density at radius 3 is 2.82 bits per heavy atom. The van der Waals surface area contributed by atoms with E-state index in [2.05, 4.69) is 5.32 Å². The zero-order valence-electron chi connectivity index (χ0n) is 8.99. The molecule has 5 heteroatoms. The van der Waals surface area contributed by atoms with Crippen LogP contribution in [0.4, 0.5) is 10.1 Å². The van der Waals surface area contributed by atoms with Gasteiger partial charge in [0.1, 0.15) is 5.82 Å². The summed E-state index contributed by atoms with van der Waals surface area (Å²) in [7, 11) is 0. The maximum atomic E-state index is 13.2. The standard InChI is InChI=1S/C12H12ClFN2O/c13-9-3-10(14)5-11(4-9)16-12(6-15)8-1-2-17-7-8/h1-5,7,12,16H,6,15H2. The highest BCUT2D eigenvalue weighted by atomic mass is 35.5. The maximum absolute atomic E-state index is 13.2. The van der Waals surface area contributed by atoms with Gasteiger partial charge in [0.05, 0.1) is 18.6 Å². The molecule has 1 atom stereocenters. The Balaban J connectivity index is 2.18. The zero-order valence-corrected chi connectivity index (χ0v) is 9.75. The van der Waals surface area contributed by atoms with Gasteiger partial charge >= 0.3 is 0 Å². The summed E-state index contributed by atoms with van der Waals surface area (Å²) < 4.78 is 18.1. The molecule has 0 spiro atoms. The first-order valence-electron chi connectivity index (χ1n) is 5.14. The van der Waals surface area contributed by atoms with Crippen LogP contribution in [-0.4, -0.2) is 6.54 Å². The van der Waals surface area contributed by atoms with E-state index >= 15 is 0 Å². The molecule has 0 aliphatic heterocycles. The number of benzene rings is 1. The highest BCUT2D eigenvalue weighted by Crippen LogP contribution is 2.23. The van der Waals surface area contributed by atoms with Crippen molar-refractivity contribution in [3.8, 4) is 0 Å². The van der Waals surface area contributed by atoms with Crippen molar-refractivity contribution >= 4 is 17.3 Å². The Hall–Kier alpha value is -1.52. The first-order valence-corrected chi connectivity index (χ1v) is 5.51. The minimum Gasteiger partial charge on any atom is -0.472 e. The van der Waals surface area contributed by atoms with Crippen LogP contribution in [0, 0.1) is 5.82 Å². The van der Waals surface area contributed by atoms with Crippen molar-refractivity contribution in [2.24, 2.45) is 5.73 Å². The van der Waals surface area contributed by atoms with Gasteiger partial charge in [-0.3, -0.25) is 0 Å². The highest BCUT2D eigenvalue weighted by molar-refractivity contribution is 6.30. The van der Waals surface area contributed by atoms with Crippen molar-refractivity contribution in [3.05, 3.63) is 53.2 Å². The molecule has 0 saturated heterocycles. The van der Waals surface area contributed by atoms with Gasteiger partial charge in [-0.05, 0) is 24.3 Å². The second-order valence-electron chi connectivity index (χ2n) is 3.65. The van der Waals surface area contributed by atoms with Crippen molar-refractivity contribution in [2.45, 2.75) is 6.04 Å². The first-order chi connectivity index (χ1) is 8.19. The van der Waals surface area contributed by atoms with E-state index in [4.69, 9.17) is 21.8 Å². The average molecular weight is 255 g/mol. The summed E-state index contributed by atoms with van der Waals surface area (Å²) >= 11 is 5.77. The van der Waals surface area contributed by atoms with Gasteiger partial charge in [-0.1, -0.05) is 11.6 Å². The van der Waals surface area contributed by atoms with Gasteiger partial charge in [0.25, 0.3) is 0 Å². The second-order valence-corrected chi connectivity index (χ2v) is 4.08. The SMILES string of the molecule is NCC(Nc1cc(F)cc(Cl)c1)c1ccoc1. The van der Waals surface area contributed by atoms with E-state index in [-0.39, 0.29) is 11.9 Å². The van der Waals surface area contributed by atoms with E-state index in [0.29, 0.717) is 17.3 Å². The number of halogens is 2. The van der Waals surface area contributed by atoms with E-state index in [1.807, 2.05) is 6.07 Å².